The van der Waals surface area contributed by atoms with Crippen molar-refractivity contribution in [2.24, 2.45) is 0 Å². The summed E-state index contributed by atoms with van der Waals surface area (Å²) >= 11 is 6.15. The van der Waals surface area contributed by atoms with Crippen LogP contribution in [-0.4, -0.2) is 16.5 Å². The number of aromatic nitrogens is 2. The van der Waals surface area contributed by atoms with Crippen molar-refractivity contribution in [3.05, 3.63) is 40.5 Å². The Balaban J connectivity index is 2.29. The van der Waals surface area contributed by atoms with E-state index in [1.54, 1.807) is 6.20 Å². The average molecular weight is 278 g/mol. The lowest BCUT2D eigenvalue weighted by atomic mass is 10.2. The number of halogens is 1. The minimum absolute atomic E-state index is 0.511. The number of ether oxygens (including phenoxy) is 1. The van der Waals surface area contributed by atoms with Gasteiger partial charge in [-0.3, -0.25) is 0 Å². The molecule has 0 atom stereocenters. The molecule has 4 nitrogen and oxygen atoms in total. The maximum atomic E-state index is 6.15. The van der Waals surface area contributed by atoms with Crippen molar-refractivity contribution in [1.29, 1.82) is 0 Å². The smallest absolute Gasteiger partial charge is 0.227 e. The Labute approximate surface area is 117 Å². The first kappa shape index (κ1) is 13.6. The second-order valence-corrected chi connectivity index (χ2v) is 4.66. The number of anilines is 1. The Morgan fingerprint density at radius 1 is 1.32 bits per heavy atom. The molecule has 1 aromatic carbocycles. The van der Waals surface area contributed by atoms with Crippen LogP contribution >= 0.6 is 11.6 Å². The maximum absolute atomic E-state index is 6.15. The molecule has 1 aromatic heterocycles. The summed E-state index contributed by atoms with van der Waals surface area (Å²) in [7, 11) is 0. The third-order valence-corrected chi connectivity index (χ3v) is 2.85. The molecule has 0 saturated heterocycles. The summed E-state index contributed by atoms with van der Waals surface area (Å²) in [5.74, 6) is 1.65. The van der Waals surface area contributed by atoms with Gasteiger partial charge in [0.2, 0.25) is 11.8 Å². The zero-order valence-electron chi connectivity index (χ0n) is 11.2. The SMILES string of the molecule is CCNc1ncc(C)c(Oc2ccc(C)cc2Cl)n1. The van der Waals surface area contributed by atoms with Crippen LogP contribution in [0.3, 0.4) is 0 Å². The van der Waals surface area contributed by atoms with Crippen LogP contribution < -0.4 is 10.1 Å². The van der Waals surface area contributed by atoms with Gasteiger partial charge in [0.1, 0.15) is 5.75 Å². The van der Waals surface area contributed by atoms with Gasteiger partial charge in [-0.25, -0.2) is 4.98 Å². The molecule has 0 bridgehead atoms. The molecule has 0 spiro atoms. The first-order chi connectivity index (χ1) is 9.10. The molecule has 2 aromatic rings. The standard InChI is InChI=1S/C14H16ClN3O/c1-4-16-14-17-8-10(3)13(18-14)19-12-6-5-9(2)7-11(12)15/h5-8H,4H2,1-3H3,(H,16,17,18). The van der Waals surface area contributed by atoms with Crippen LogP contribution in [0, 0.1) is 13.8 Å². The molecular formula is C14H16ClN3O. The van der Waals surface area contributed by atoms with E-state index in [9.17, 15) is 0 Å². The van der Waals surface area contributed by atoms with E-state index >= 15 is 0 Å². The van der Waals surface area contributed by atoms with Gasteiger partial charge in [0, 0.05) is 18.3 Å². The van der Waals surface area contributed by atoms with E-state index in [0.29, 0.717) is 22.6 Å². The zero-order chi connectivity index (χ0) is 13.8. The van der Waals surface area contributed by atoms with Gasteiger partial charge < -0.3 is 10.1 Å². The van der Waals surface area contributed by atoms with Crippen LogP contribution in [0.25, 0.3) is 0 Å². The largest absolute Gasteiger partial charge is 0.437 e. The lowest BCUT2D eigenvalue weighted by molar-refractivity contribution is 0.458. The number of hydrogen-bond donors (Lipinski definition) is 1. The van der Waals surface area contributed by atoms with Crippen molar-refractivity contribution in [2.75, 3.05) is 11.9 Å². The minimum atomic E-state index is 0.511. The lowest BCUT2D eigenvalue weighted by Crippen LogP contribution is -2.03. The number of nitrogens with one attached hydrogen (secondary N) is 1. The Bertz CT molecular complexity index is 587. The highest BCUT2D eigenvalue weighted by Gasteiger charge is 2.08. The molecule has 0 fully saturated rings. The summed E-state index contributed by atoms with van der Waals surface area (Å²) in [5, 5.41) is 3.62. The summed E-state index contributed by atoms with van der Waals surface area (Å²) in [4.78, 5) is 8.49. The van der Waals surface area contributed by atoms with E-state index in [0.717, 1.165) is 17.7 Å². The molecule has 100 valence electrons. The summed E-state index contributed by atoms with van der Waals surface area (Å²) in [6.45, 7) is 6.62. The molecule has 0 unspecified atom stereocenters. The van der Waals surface area contributed by atoms with Gasteiger partial charge in [0.15, 0.2) is 0 Å². The number of hydrogen-bond acceptors (Lipinski definition) is 4. The van der Waals surface area contributed by atoms with Crippen molar-refractivity contribution in [3.8, 4) is 11.6 Å². The highest BCUT2D eigenvalue weighted by atomic mass is 35.5. The fourth-order valence-electron chi connectivity index (χ4n) is 1.57. The number of nitrogens with zero attached hydrogens (tertiary/aromatic N) is 2. The minimum Gasteiger partial charge on any atom is -0.437 e. The van der Waals surface area contributed by atoms with Crippen molar-refractivity contribution in [2.45, 2.75) is 20.8 Å². The fourth-order valence-corrected chi connectivity index (χ4v) is 1.84. The number of aryl methyl sites for hydroxylation is 2. The molecule has 0 aliphatic carbocycles. The molecule has 0 aliphatic rings. The van der Waals surface area contributed by atoms with Crippen LogP contribution in [0.2, 0.25) is 5.02 Å². The zero-order valence-corrected chi connectivity index (χ0v) is 12.0. The number of benzene rings is 1. The Morgan fingerprint density at radius 2 is 2.11 bits per heavy atom. The van der Waals surface area contributed by atoms with Crippen molar-refractivity contribution >= 4 is 17.5 Å². The van der Waals surface area contributed by atoms with Crippen molar-refractivity contribution in [1.82, 2.24) is 9.97 Å². The third-order valence-electron chi connectivity index (χ3n) is 2.55. The Kier molecular flexibility index (Phi) is 4.22. The van der Waals surface area contributed by atoms with Gasteiger partial charge in [-0.1, -0.05) is 17.7 Å². The highest BCUT2D eigenvalue weighted by molar-refractivity contribution is 6.32. The van der Waals surface area contributed by atoms with Gasteiger partial charge in [0.25, 0.3) is 0 Å². The quantitative estimate of drug-likeness (QED) is 0.918. The summed E-state index contributed by atoms with van der Waals surface area (Å²) in [5.41, 5.74) is 1.95. The molecule has 0 saturated carbocycles. The maximum Gasteiger partial charge on any atom is 0.227 e. The molecule has 19 heavy (non-hydrogen) atoms. The Morgan fingerprint density at radius 3 is 2.79 bits per heavy atom. The molecule has 0 aliphatic heterocycles. The molecule has 0 radical (unpaired) electrons. The lowest BCUT2D eigenvalue weighted by Gasteiger charge is -2.10. The second kappa shape index (κ2) is 5.89. The van der Waals surface area contributed by atoms with Gasteiger partial charge >= 0.3 is 0 Å². The molecular weight excluding hydrogens is 262 g/mol. The van der Waals surface area contributed by atoms with Crippen LogP contribution in [0.5, 0.6) is 11.6 Å². The predicted molar refractivity (Wildman–Crippen MR) is 77.2 cm³/mol. The van der Waals surface area contributed by atoms with E-state index in [2.05, 4.69) is 15.3 Å². The number of rotatable bonds is 4. The van der Waals surface area contributed by atoms with Crippen molar-refractivity contribution in [3.63, 3.8) is 0 Å². The molecule has 1 heterocycles. The predicted octanol–water partition coefficient (Wildman–Crippen LogP) is 3.97. The first-order valence-corrected chi connectivity index (χ1v) is 6.49. The molecule has 5 heteroatoms. The van der Waals surface area contributed by atoms with Crippen LogP contribution in [0.4, 0.5) is 5.95 Å². The fraction of sp³-hybridized carbons (Fsp3) is 0.286. The van der Waals surface area contributed by atoms with E-state index in [-0.39, 0.29) is 0 Å². The van der Waals surface area contributed by atoms with Gasteiger partial charge in [-0.15, -0.1) is 0 Å². The Hall–Kier alpha value is -1.81. The molecule has 2 rings (SSSR count). The summed E-state index contributed by atoms with van der Waals surface area (Å²) in [6.07, 6.45) is 1.72. The van der Waals surface area contributed by atoms with E-state index < -0.39 is 0 Å². The van der Waals surface area contributed by atoms with E-state index in [1.165, 1.54) is 0 Å². The van der Waals surface area contributed by atoms with Crippen LogP contribution in [0.15, 0.2) is 24.4 Å². The first-order valence-electron chi connectivity index (χ1n) is 6.11. The highest BCUT2D eigenvalue weighted by Crippen LogP contribution is 2.30. The molecule has 1 N–H and O–H groups in total. The van der Waals surface area contributed by atoms with E-state index in [1.807, 2.05) is 39.0 Å². The topological polar surface area (TPSA) is 47.0 Å². The van der Waals surface area contributed by atoms with Gasteiger partial charge in [0.05, 0.1) is 5.02 Å². The normalized spacial score (nSPS) is 10.3. The van der Waals surface area contributed by atoms with Gasteiger partial charge in [-0.05, 0) is 38.5 Å². The molecule has 0 amide bonds. The second-order valence-electron chi connectivity index (χ2n) is 4.25. The summed E-state index contributed by atoms with van der Waals surface area (Å²) in [6, 6.07) is 5.65. The monoisotopic (exact) mass is 277 g/mol. The van der Waals surface area contributed by atoms with E-state index in [4.69, 9.17) is 16.3 Å². The van der Waals surface area contributed by atoms with Crippen LogP contribution in [-0.2, 0) is 0 Å². The van der Waals surface area contributed by atoms with Crippen molar-refractivity contribution < 1.29 is 4.74 Å². The van der Waals surface area contributed by atoms with Gasteiger partial charge in [-0.2, -0.15) is 4.98 Å². The van der Waals surface area contributed by atoms with Crippen LogP contribution in [0.1, 0.15) is 18.1 Å². The average Bonchev–Trinajstić information content (AvgIpc) is 2.37. The summed E-state index contributed by atoms with van der Waals surface area (Å²) < 4.78 is 5.76. The third kappa shape index (κ3) is 3.35.